The number of carbonyl (C=O) groups excluding carboxylic acids is 3. The van der Waals surface area contributed by atoms with Crippen LogP contribution >= 0.6 is 0 Å². The third-order valence-electron chi connectivity index (χ3n) is 7.68. The molecule has 1 unspecified atom stereocenters. The predicted octanol–water partition coefficient (Wildman–Crippen LogP) is -0.989. The number of nitrogens with zero attached hydrogens (tertiary/aromatic N) is 5. The molecule has 0 bridgehead atoms. The zero-order chi connectivity index (χ0) is 32.1. The maximum Gasteiger partial charge on any atom is 0.272 e. The van der Waals surface area contributed by atoms with Crippen molar-refractivity contribution < 1.29 is 23.6 Å². The second-order valence-electron chi connectivity index (χ2n) is 12.6. The van der Waals surface area contributed by atoms with Crippen LogP contribution in [0.5, 0.6) is 5.75 Å². The molecule has 2 aromatic heterocycles. The van der Waals surface area contributed by atoms with Gasteiger partial charge < -0.3 is 35.4 Å². The third kappa shape index (κ3) is 8.41. The summed E-state index contributed by atoms with van der Waals surface area (Å²) in [4.78, 5) is 44.9. The Hall–Kier alpha value is -4.40. The molecule has 0 radical (unpaired) electrons. The Morgan fingerprint density at radius 1 is 1.13 bits per heavy atom. The van der Waals surface area contributed by atoms with Crippen molar-refractivity contribution in [3.05, 3.63) is 35.9 Å². The summed E-state index contributed by atoms with van der Waals surface area (Å²) in [6, 6.07) is 7.34. The van der Waals surface area contributed by atoms with E-state index >= 15 is 0 Å². The number of hydrogen-bond donors (Lipinski definition) is 4. The number of para-hydroxylation sites is 1. The highest BCUT2D eigenvalue weighted by atomic mass is 16.5. The largest absolute Gasteiger partial charge is 0.494 e. The van der Waals surface area contributed by atoms with Gasteiger partial charge in [0.15, 0.2) is 17.3 Å². The van der Waals surface area contributed by atoms with Gasteiger partial charge in [-0.2, -0.15) is 4.98 Å². The molecular weight excluding hydrogens is 575 g/mol. The lowest BCUT2D eigenvalue weighted by Crippen LogP contribution is -2.50. The predicted molar refractivity (Wildman–Crippen MR) is 176 cm³/mol. The number of amides is 3. The summed E-state index contributed by atoms with van der Waals surface area (Å²) < 4.78 is 11.1. The number of benzene rings is 1. The number of methoxy groups -OCH3 is 1. The molecule has 2 aliphatic rings. The maximum atomic E-state index is 13.2. The molecule has 17 heteroatoms. The first-order chi connectivity index (χ1) is 21.5. The van der Waals surface area contributed by atoms with Gasteiger partial charge in [-0.15, -0.1) is 10.2 Å². The second kappa shape index (κ2) is 13.7. The van der Waals surface area contributed by atoms with Crippen LogP contribution < -0.4 is 26.0 Å². The SMILES string of the molecule is BC(B)(B)NC(=O)c1nnc(NC(=O)C2CC2)cc1Nc1cccc(-c2noc(CC(=O)NCCC3CCCN3C)n2)c1OC. The number of ether oxygens (including phenoxy) is 1. The van der Waals surface area contributed by atoms with Gasteiger partial charge in [0.2, 0.25) is 23.5 Å². The fourth-order valence-corrected chi connectivity index (χ4v) is 5.22. The van der Waals surface area contributed by atoms with Gasteiger partial charge in [-0.1, -0.05) is 11.2 Å². The highest BCUT2D eigenvalue weighted by Gasteiger charge is 2.30. The van der Waals surface area contributed by atoms with Crippen LogP contribution in [0.25, 0.3) is 11.4 Å². The highest BCUT2D eigenvalue weighted by molar-refractivity contribution is 6.60. The van der Waals surface area contributed by atoms with Crippen molar-refractivity contribution in [1.82, 2.24) is 35.9 Å². The summed E-state index contributed by atoms with van der Waals surface area (Å²) in [6.45, 7) is 1.68. The number of rotatable bonds is 13. The van der Waals surface area contributed by atoms with Gasteiger partial charge in [-0.05, 0) is 63.1 Å². The molecule has 1 aromatic carbocycles. The van der Waals surface area contributed by atoms with E-state index < -0.39 is 11.1 Å². The summed E-state index contributed by atoms with van der Waals surface area (Å²) >= 11 is 0. The number of nitrogens with one attached hydrogen (secondary N) is 4. The molecule has 1 atom stereocenters. The number of anilines is 3. The van der Waals surface area contributed by atoms with Crippen LogP contribution in [0.2, 0.25) is 0 Å². The van der Waals surface area contributed by atoms with Crippen molar-refractivity contribution in [2.75, 3.05) is 37.9 Å². The maximum absolute atomic E-state index is 13.2. The highest BCUT2D eigenvalue weighted by Crippen LogP contribution is 2.37. The van der Waals surface area contributed by atoms with Crippen molar-refractivity contribution in [2.45, 2.75) is 49.8 Å². The van der Waals surface area contributed by atoms with E-state index in [0.29, 0.717) is 35.3 Å². The van der Waals surface area contributed by atoms with E-state index in [1.54, 1.807) is 24.3 Å². The van der Waals surface area contributed by atoms with Crippen LogP contribution in [-0.4, -0.2) is 105 Å². The van der Waals surface area contributed by atoms with Crippen LogP contribution in [0, 0.1) is 5.92 Å². The van der Waals surface area contributed by atoms with Gasteiger partial charge in [0.05, 0.1) is 24.0 Å². The first kappa shape index (κ1) is 32.0. The molecule has 1 aliphatic carbocycles. The fourth-order valence-electron chi connectivity index (χ4n) is 5.22. The van der Waals surface area contributed by atoms with Gasteiger partial charge in [0.1, 0.15) is 30.0 Å². The van der Waals surface area contributed by atoms with Gasteiger partial charge in [0, 0.05) is 24.6 Å². The third-order valence-corrected chi connectivity index (χ3v) is 7.68. The van der Waals surface area contributed by atoms with Crippen LogP contribution in [-0.2, 0) is 16.0 Å². The molecule has 1 saturated heterocycles. The fraction of sp³-hybridized carbons (Fsp3) is 0.464. The Bertz CT molecular complexity index is 1560. The van der Waals surface area contributed by atoms with Crippen molar-refractivity contribution in [2.24, 2.45) is 5.92 Å². The quantitative estimate of drug-likeness (QED) is 0.174. The van der Waals surface area contributed by atoms with Gasteiger partial charge in [-0.3, -0.25) is 14.4 Å². The molecule has 1 aliphatic heterocycles. The van der Waals surface area contributed by atoms with E-state index in [1.807, 2.05) is 23.5 Å². The van der Waals surface area contributed by atoms with E-state index in [-0.39, 0.29) is 47.4 Å². The Morgan fingerprint density at radius 3 is 2.62 bits per heavy atom. The van der Waals surface area contributed by atoms with E-state index in [4.69, 9.17) is 9.26 Å². The average Bonchev–Trinajstić information content (AvgIpc) is 3.61. The standard InChI is InChI=1S/C28H38B3N9O5/c1-40-12-4-5-16(40)10-11-32-21(41)14-22-35-25(39-45-22)17-6-3-7-18(24(17)44-2)33-19-13-20(34-26(42)15-8-9-15)37-38-23(19)27(43)36-28(29,30)31/h3,6-7,13,15-16H,4-5,8-12,14,29-31H2,1-2H3,(H,32,41)(H,36,43)(H2,33,34,37,42). The summed E-state index contributed by atoms with van der Waals surface area (Å²) in [5.41, 5.74) is 1.33. The number of hydrogen-bond acceptors (Lipinski definition) is 11. The van der Waals surface area contributed by atoms with Gasteiger partial charge in [-0.25, -0.2) is 0 Å². The van der Waals surface area contributed by atoms with E-state index in [0.717, 1.165) is 32.2 Å². The van der Waals surface area contributed by atoms with Crippen LogP contribution in [0.3, 0.4) is 0 Å². The number of likely N-dealkylation sites (tertiary alicyclic amines) is 1. The van der Waals surface area contributed by atoms with Crippen molar-refractivity contribution in [1.29, 1.82) is 0 Å². The molecule has 0 spiro atoms. The molecule has 1 saturated carbocycles. The Labute approximate surface area is 264 Å². The smallest absolute Gasteiger partial charge is 0.272 e. The molecule has 3 heterocycles. The average molecular weight is 613 g/mol. The lowest BCUT2D eigenvalue weighted by atomic mass is 9.49. The molecule has 3 aromatic rings. The zero-order valence-corrected chi connectivity index (χ0v) is 26.4. The van der Waals surface area contributed by atoms with Gasteiger partial charge >= 0.3 is 0 Å². The lowest BCUT2D eigenvalue weighted by Gasteiger charge is -2.21. The molecule has 3 amide bonds. The molecule has 2 fully saturated rings. The van der Waals surface area contributed by atoms with Crippen molar-refractivity contribution in [3.8, 4) is 17.1 Å². The molecule has 45 heavy (non-hydrogen) atoms. The minimum absolute atomic E-state index is 0.0336. The summed E-state index contributed by atoms with van der Waals surface area (Å²) in [5.74, 6) is 0.204. The molecule has 4 N–H and O–H groups in total. The minimum Gasteiger partial charge on any atom is -0.494 e. The van der Waals surface area contributed by atoms with Crippen LogP contribution in [0.4, 0.5) is 17.2 Å². The second-order valence-corrected chi connectivity index (χ2v) is 12.6. The lowest BCUT2D eigenvalue weighted by molar-refractivity contribution is -0.121. The number of aromatic nitrogens is 4. The minimum atomic E-state index is -0.521. The van der Waals surface area contributed by atoms with E-state index in [9.17, 15) is 14.4 Å². The molecule has 234 valence electrons. The molecule has 14 nitrogen and oxygen atoms in total. The Morgan fingerprint density at radius 2 is 1.93 bits per heavy atom. The van der Waals surface area contributed by atoms with Crippen molar-refractivity contribution in [3.63, 3.8) is 0 Å². The topological polar surface area (TPSA) is 176 Å². The number of carbonyl (C=O) groups is 3. The Balaban J connectivity index is 1.33. The Kier molecular flexibility index (Phi) is 9.76. The summed E-state index contributed by atoms with van der Waals surface area (Å²) in [6.07, 6.45) is 4.86. The first-order valence-corrected chi connectivity index (χ1v) is 15.3. The van der Waals surface area contributed by atoms with Gasteiger partial charge in [0.25, 0.3) is 5.91 Å². The zero-order valence-electron chi connectivity index (χ0n) is 26.4. The molecule has 5 rings (SSSR count). The normalized spacial score (nSPS) is 16.6. The van der Waals surface area contributed by atoms with E-state index in [2.05, 4.69) is 53.6 Å². The monoisotopic (exact) mass is 613 g/mol. The summed E-state index contributed by atoms with van der Waals surface area (Å²) in [5, 5.41) is 23.6. The first-order valence-electron chi connectivity index (χ1n) is 15.3. The van der Waals surface area contributed by atoms with E-state index in [1.165, 1.54) is 13.5 Å². The molecular formula is C28H38B3N9O5. The van der Waals surface area contributed by atoms with Crippen LogP contribution in [0.1, 0.15) is 48.5 Å². The van der Waals surface area contributed by atoms with Crippen LogP contribution in [0.15, 0.2) is 28.8 Å². The van der Waals surface area contributed by atoms with Crippen molar-refractivity contribution >= 4 is 58.5 Å². The summed E-state index contributed by atoms with van der Waals surface area (Å²) in [7, 11) is 9.20.